The molecule has 0 spiro atoms. The SMILES string of the molecule is NC(=S)c1ccccc1Cc1ccccc1.O=C(O)Cc1nccs1. The maximum atomic E-state index is 10.0. The van der Waals surface area contributed by atoms with E-state index in [1.165, 1.54) is 22.5 Å². The van der Waals surface area contributed by atoms with Gasteiger partial charge in [0.1, 0.15) is 10.00 Å². The van der Waals surface area contributed by atoms with Crippen molar-refractivity contribution < 1.29 is 9.90 Å². The van der Waals surface area contributed by atoms with Gasteiger partial charge in [0, 0.05) is 17.1 Å². The number of thiocarbonyl (C=S) groups is 1. The summed E-state index contributed by atoms with van der Waals surface area (Å²) in [6, 6.07) is 18.3. The lowest BCUT2D eigenvalue weighted by atomic mass is 10.00. The first-order chi connectivity index (χ1) is 12.1. The van der Waals surface area contributed by atoms with E-state index in [1.807, 2.05) is 36.4 Å². The number of thiazole rings is 1. The molecule has 0 bridgehead atoms. The van der Waals surface area contributed by atoms with Gasteiger partial charge in [-0.2, -0.15) is 0 Å². The Kier molecular flexibility index (Phi) is 7.25. The molecule has 0 radical (unpaired) electrons. The number of benzene rings is 2. The van der Waals surface area contributed by atoms with Crippen LogP contribution in [0.5, 0.6) is 0 Å². The van der Waals surface area contributed by atoms with Gasteiger partial charge in [-0.1, -0.05) is 66.8 Å². The number of aliphatic carboxylic acids is 1. The Morgan fingerprint density at radius 3 is 2.40 bits per heavy atom. The third kappa shape index (κ3) is 6.45. The minimum atomic E-state index is -0.829. The number of nitrogens with zero attached hydrogens (tertiary/aromatic N) is 1. The van der Waals surface area contributed by atoms with Gasteiger partial charge in [0.2, 0.25) is 0 Å². The number of nitrogens with two attached hydrogens (primary N) is 1. The predicted molar refractivity (Wildman–Crippen MR) is 105 cm³/mol. The Morgan fingerprint density at radius 2 is 1.80 bits per heavy atom. The number of rotatable bonds is 5. The molecule has 3 rings (SSSR count). The van der Waals surface area contributed by atoms with Gasteiger partial charge < -0.3 is 10.8 Å². The van der Waals surface area contributed by atoms with Crippen molar-refractivity contribution in [2.24, 2.45) is 5.73 Å². The summed E-state index contributed by atoms with van der Waals surface area (Å²) in [7, 11) is 0. The zero-order chi connectivity index (χ0) is 18.1. The van der Waals surface area contributed by atoms with Crippen LogP contribution in [0.3, 0.4) is 0 Å². The Morgan fingerprint density at radius 1 is 1.12 bits per heavy atom. The van der Waals surface area contributed by atoms with Crippen molar-refractivity contribution in [2.45, 2.75) is 12.8 Å². The molecular weight excluding hydrogens is 352 g/mol. The van der Waals surface area contributed by atoms with E-state index in [0.717, 1.165) is 12.0 Å². The molecule has 3 aromatic rings. The summed E-state index contributed by atoms with van der Waals surface area (Å²) in [6.45, 7) is 0. The second-order valence-corrected chi connectivity index (χ2v) is 6.60. The molecule has 4 nitrogen and oxygen atoms in total. The fraction of sp³-hybridized carbons (Fsp3) is 0.105. The maximum Gasteiger partial charge on any atom is 0.310 e. The van der Waals surface area contributed by atoms with E-state index >= 15 is 0 Å². The van der Waals surface area contributed by atoms with Crippen LogP contribution in [0.25, 0.3) is 0 Å². The molecule has 1 aromatic heterocycles. The average molecular weight is 370 g/mol. The molecule has 1 heterocycles. The summed E-state index contributed by atoms with van der Waals surface area (Å²) in [4.78, 5) is 14.3. The van der Waals surface area contributed by atoms with Crippen molar-refractivity contribution in [3.63, 3.8) is 0 Å². The van der Waals surface area contributed by atoms with Crippen LogP contribution in [0.4, 0.5) is 0 Å². The first-order valence-corrected chi connectivity index (χ1v) is 8.87. The third-order valence-corrected chi connectivity index (χ3v) is 4.31. The van der Waals surface area contributed by atoms with Crippen LogP contribution >= 0.6 is 23.6 Å². The number of carboxylic acids is 1. The fourth-order valence-electron chi connectivity index (χ4n) is 2.20. The highest BCUT2D eigenvalue weighted by Gasteiger charge is 2.04. The third-order valence-electron chi connectivity index (χ3n) is 3.31. The van der Waals surface area contributed by atoms with Crippen molar-refractivity contribution in [1.82, 2.24) is 4.98 Å². The van der Waals surface area contributed by atoms with E-state index < -0.39 is 5.97 Å². The van der Waals surface area contributed by atoms with Crippen LogP contribution in [0.15, 0.2) is 66.2 Å². The molecule has 0 aliphatic carbocycles. The van der Waals surface area contributed by atoms with Gasteiger partial charge in [0.05, 0.1) is 6.42 Å². The maximum absolute atomic E-state index is 10.0. The lowest BCUT2D eigenvalue weighted by Gasteiger charge is -2.07. The summed E-state index contributed by atoms with van der Waals surface area (Å²) < 4.78 is 0. The largest absolute Gasteiger partial charge is 0.481 e. The zero-order valence-corrected chi connectivity index (χ0v) is 15.1. The summed E-state index contributed by atoms with van der Waals surface area (Å²) in [5, 5.41) is 10.7. The average Bonchev–Trinajstić information content (AvgIpc) is 3.09. The highest BCUT2D eigenvalue weighted by atomic mass is 32.1. The Hall–Kier alpha value is -2.57. The number of hydrogen-bond donors (Lipinski definition) is 2. The summed E-state index contributed by atoms with van der Waals surface area (Å²) in [5.74, 6) is -0.829. The lowest BCUT2D eigenvalue weighted by molar-refractivity contribution is -0.136. The molecule has 0 saturated carbocycles. The van der Waals surface area contributed by atoms with Crippen molar-refractivity contribution in [1.29, 1.82) is 0 Å². The van der Waals surface area contributed by atoms with E-state index in [-0.39, 0.29) is 6.42 Å². The number of carbonyl (C=O) groups is 1. The molecule has 0 unspecified atom stereocenters. The molecule has 3 N–H and O–H groups in total. The summed E-state index contributed by atoms with van der Waals surface area (Å²) in [6.07, 6.45) is 2.51. The van der Waals surface area contributed by atoms with Crippen molar-refractivity contribution in [2.75, 3.05) is 0 Å². The molecule has 0 aliphatic heterocycles. The van der Waals surface area contributed by atoms with E-state index in [2.05, 4.69) is 23.2 Å². The zero-order valence-electron chi connectivity index (χ0n) is 13.5. The van der Waals surface area contributed by atoms with Gasteiger partial charge in [0.15, 0.2) is 0 Å². The van der Waals surface area contributed by atoms with Gasteiger partial charge >= 0.3 is 5.97 Å². The smallest absolute Gasteiger partial charge is 0.310 e. The van der Waals surface area contributed by atoms with Crippen LogP contribution in [-0.2, 0) is 17.6 Å². The van der Waals surface area contributed by atoms with Crippen molar-refractivity contribution in [3.05, 3.63) is 87.9 Å². The van der Waals surface area contributed by atoms with Crippen LogP contribution in [-0.4, -0.2) is 21.0 Å². The minimum Gasteiger partial charge on any atom is -0.481 e. The van der Waals surface area contributed by atoms with Crippen LogP contribution in [0, 0.1) is 0 Å². The molecule has 6 heteroatoms. The second kappa shape index (κ2) is 9.66. The first kappa shape index (κ1) is 18.8. The summed E-state index contributed by atoms with van der Waals surface area (Å²) >= 11 is 6.40. The highest BCUT2D eigenvalue weighted by molar-refractivity contribution is 7.80. The Labute approximate surface area is 156 Å². The monoisotopic (exact) mass is 370 g/mol. The highest BCUT2D eigenvalue weighted by Crippen LogP contribution is 2.14. The first-order valence-electron chi connectivity index (χ1n) is 7.58. The van der Waals surface area contributed by atoms with Gasteiger partial charge in [-0.25, -0.2) is 4.98 Å². The minimum absolute atomic E-state index is 0.0394. The van der Waals surface area contributed by atoms with Crippen LogP contribution in [0.1, 0.15) is 21.7 Å². The Balaban J connectivity index is 0.000000212. The van der Waals surface area contributed by atoms with E-state index in [0.29, 0.717) is 10.00 Å². The van der Waals surface area contributed by atoms with E-state index in [4.69, 9.17) is 23.1 Å². The lowest BCUT2D eigenvalue weighted by Crippen LogP contribution is -2.12. The van der Waals surface area contributed by atoms with Gasteiger partial charge in [-0.05, 0) is 17.5 Å². The fourth-order valence-corrected chi connectivity index (χ4v) is 3.01. The summed E-state index contributed by atoms with van der Waals surface area (Å²) in [5.41, 5.74) is 9.12. The quantitative estimate of drug-likeness (QED) is 0.670. The molecule has 0 fully saturated rings. The standard InChI is InChI=1S/C14H13NS.C5H5NO2S/c15-14(16)13-9-5-4-8-12(13)10-11-6-2-1-3-7-11;7-5(8)3-4-6-1-2-9-4/h1-9H,10H2,(H2,15,16);1-2H,3H2,(H,7,8). The molecule has 2 aromatic carbocycles. The molecular formula is C19H18N2O2S2. The van der Waals surface area contributed by atoms with E-state index in [9.17, 15) is 4.79 Å². The molecule has 25 heavy (non-hydrogen) atoms. The second-order valence-electron chi connectivity index (χ2n) is 5.18. The molecule has 0 atom stereocenters. The molecule has 0 saturated heterocycles. The molecule has 0 amide bonds. The van der Waals surface area contributed by atoms with Gasteiger partial charge in [0.25, 0.3) is 0 Å². The van der Waals surface area contributed by atoms with E-state index in [1.54, 1.807) is 11.6 Å². The Bertz CT molecular complexity index is 818. The molecule has 128 valence electrons. The predicted octanol–water partition coefficient (Wildman–Crippen LogP) is 3.68. The normalized spacial score (nSPS) is 9.76. The van der Waals surface area contributed by atoms with Crippen molar-refractivity contribution in [3.8, 4) is 0 Å². The number of carboxylic acid groups (broad SMARTS) is 1. The van der Waals surface area contributed by atoms with Crippen LogP contribution < -0.4 is 5.73 Å². The van der Waals surface area contributed by atoms with Crippen LogP contribution in [0.2, 0.25) is 0 Å². The molecule has 0 aliphatic rings. The van der Waals surface area contributed by atoms with Gasteiger partial charge in [-0.3, -0.25) is 4.79 Å². The van der Waals surface area contributed by atoms with Crippen molar-refractivity contribution >= 4 is 34.5 Å². The number of aromatic nitrogens is 1. The number of hydrogen-bond acceptors (Lipinski definition) is 4. The topological polar surface area (TPSA) is 76.2 Å². The van der Waals surface area contributed by atoms with Gasteiger partial charge in [-0.15, -0.1) is 11.3 Å².